The van der Waals surface area contributed by atoms with E-state index in [2.05, 4.69) is 22.9 Å². The van der Waals surface area contributed by atoms with E-state index < -0.39 is 0 Å². The van der Waals surface area contributed by atoms with Crippen molar-refractivity contribution in [1.29, 1.82) is 0 Å². The molecule has 0 aromatic carbocycles. The van der Waals surface area contributed by atoms with Crippen molar-refractivity contribution < 1.29 is 4.79 Å². The predicted octanol–water partition coefficient (Wildman–Crippen LogP) is 5.24. The molecule has 0 bridgehead atoms. The van der Waals surface area contributed by atoms with Crippen LogP contribution in [0.25, 0.3) is 0 Å². The lowest BCUT2D eigenvalue weighted by Crippen LogP contribution is -2.40. The Morgan fingerprint density at radius 2 is 2.08 bits per heavy atom. The lowest BCUT2D eigenvalue weighted by molar-refractivity contribution is 0.0689. The summed E-state index contributed by atoms with van der Waals surface area (Å²) < 4.78 is 1.65. The van der Waals surface area contributed by atoms with Gasteiger partial charge in [0.05, 0.1) is 11.1 Å². The minimum Gasteiger partial charge on any atom is -0.329 e. The molecule has 1 aliphatic heterocycles. The second kappa shape index (κ2) is 6.23. The Bertz CT molecular complexity index is 898. The van der Waals surface area contributed by atoms with Gasteiger partial charge in [0.1, 0.15) is 10.8 Å². The van der Waals surface area contributed by atoms with Gasteiger partial charge in [-0.2, -0.15) is 0 Å². The normalized spacial score (nSPS) is 17.1. The number of thiophene rings is 2. The van der Waals surface area contributed by atoms with Crippen molar-refractivity contribution in [2.45, 2.75) is 12.5 Å². The second-order valence-corrected chi connectivity index (χ2v) is 8.44. The fraction of sp³-hybridized carbons (Fsp3) is 0.235. The van der Waals surface area contributed by atoms with Crippen LogP contribution in [0.2, 0.25) is 10.2 Å². The highest BCUT2D eigenvalue weighted by molar-refractivity contribution is 7.10. The number of halogens is 2. The molecule has 0 fully saturated rings. The highest BCUT2D eigenvalue weighted by Gasteiger charge is 2.35. The monoisotopic (exact) mass is 396 g/mol. The van der Waals surface area contributed by atoms with Crippen molar-refractivity contribution in [2.75, 3.05) is 6.54 Å². The van der Waals surface area contributed by atoms with Crippen LogP contribution in [0.15, 0.2) is 35.0 Å². The summed E-state index contributed by atoms with van der Waals surface area (Å²) in [6, 6.07) is 7.86. The van der Waals surface area contributed by atoms with Gasteiger partial charge in [0.15, 0.2) is 0 Å². The van der Waals surface area contributed by atoms with E-state index in [0.717, 1.165) is 6.42 Å². The number of hydrogen-bond acceptors (Lipinski definition) is 3. The van der Waals surface area contributed by atoms with E-state index in [-0.39, 0.29) is 11.9 Å². The van der Waals surface area contributed by atoms with E-state index in [9.17, 15) is 4.79 Å². The first-order valence-electron chi connectivity index (χ1n) is 7.49. The van der Waals surface area contributed by atoms with Gasteiger partial charge in [-0.3, -0.25) is 4.79 Å². The summed E-state index contributed by atoms with van der Waals surface area (Å²) in [7, 11) is 1.77. The molecule has 4 rings (SSSR count). The molecule has 24 heavy (non-hydrogen) atoms. The molecule has 0 spiro atoms. The minimum atomic E-state index is -0.0417. The second-order valence-electron chi connectivity index (χ2n) is 5.69. The van der Waals surface area contributed by atoms with Gasteiger partial charge in [0.25, 0.3) is 5.91 Å². The third-order valence-corrected chi connectivity index (χ3v) is 7.14. The van der Waals surface area contributed by atoms with Crippen molar-refractivity contribution in [3.63, 3.8) is 0 Å². The van der Waals surface area contributed by atoms with Crippen molar-refractivity contribution in [2.24, 2.45) is 7.05 Å². The summed E-state index contributed by atoms with van der Waals surface area (Å²) in [4.78, 5) is 17.7. The fourth-order valence-electron chi connectivity index (χ4n) is 3.18. The number of carbonyl (C=O) groups excluding carboxylic acids is 1. The Morgan fingerprint density at radius 3 is 2.75 bits per heavy atom. The van der Waals surface area contributed by atoms with E-state index in [0.29, 0.717) is 22.4 Å². The Hall–Kier alpha value is -1.27. The number of hydrogen-bond donors (Lipinski definition) is 0. The zero-order valence-corrected chi connectivity index (χ0v) is 16.0. The molecule has 0 saturated carbocycles. The first kappa shape index (κ1) is 16.2. The zero-order valence-electron chi connectivity index (χ0n) is 12.8. The summed E-state index contributed by atoms with van der Waals surface area (Å²) >= 11 is 15.7. The van der Waals surface area contributed by atoms with Crippen LogP contribution in [0.4, 0.5) is 0 Å². The average molecular weight is 397 g/mol. The van der Waals surface area contributed by atoms with Crippen molar-refractivity contribution in [3.8, 4) is 0 Å². The van der Waals surface area contributed by atoms with Gasteiger partial charge in [-0.05, 0) is 40.9 Å². The number of nitrogens with zero attached hydrogens (tertiary/aromatic N) is 2. The van der Waals surface area contributed by atoms with E-state index >= 15 is 0 Å². The maximum absolute atomic E-state index is 13.2. The fourth-order valence-corrected chi connectivity index (χ4v) is 5.32. The molecule has 0 saturated heterocycles. The largest absolute Gasteiger partial charge is 0.329 e. The molecule has 3 aromatic rings. The number of rotatable bonds is 2. The van der Waals surface area contributed by atoms with Crippen LogP contribution in [-0.2, 0) is 13.5 Å². The van der Waals surface area contributed by atoms with Crippen LogP contribution in [-0.4, -0.2) is 21.9 Å². The molecule has 1 atom stereocenters. The molecule has 1 amide bonds. The van der Waals surface area contributed by atoms with Gasteiger partial charge in [-0.25, -0.2) is 0 Å². The maximum atomic E-state index is 13.2. The molecule has 0 N–H and O–H groups in total. The van der Waals surface area contributed by atoms with Crippen molar-refractivity contribution in [3.05, 3.63) is 66.2 Å². The van der Waals surface area contributed by atoms with Gasteiger partial charge in [0, 0.05) is 23.3 Å². The first-order chi connectivity index (χ1) is 11.6. The van der Waals surface area contributed by atoms with Crippen LogP contribution < -0.4 is 0 Å². The molecule has 3 nitrogen and oxygen atoms in total. The molecule has 4 heterocycles. The molecule has 124 valence electrons. The third kappa shape index (κ3) is 2.51. The minimum absolute atomic E-state index is 0.0402. The molecular weight excluding hydrogens is 383 g/mol. The lowest BCUT2D eigenvalue weighted by Gasteiger charge is -2.35. The highest BCUT2D eigenvalue weighted by Crippen LogP contribution is 2.40. The number of fused-ring (bicyclic) bond motifs is 1. The molecule has 7 heteroatoms. The van der Waals surface area contributed by atoms with Gasteiger partial charge in [-0.15, -0.1) is 22.7 Å². The summed E-state index contributed by atoms with van der Waals surface area (Å²) in [6.45, 7) is 0.690. The summed E-state index contributed by atoms with van der Waals surface area (Å²) in [5.74, 6) is -0.0402. The number of aromatic nitrogens is 1. The SMILES string of the molecule is Cn1c(C(=O)N2CCc3sccc3C2c2cccs2)cc(Cl)c1Cl. The topological polar surface area (TPSA) is 25.2 Å². The zero-order chi connectivity index (χ0) is 16.8. The van der Waals surface area contributed by atoms with Crippen molar-refractivity contribution in [1.82, 2.24) is 9.47 Å². The summed E-state index contributed by atoms with van der Waals surface area (Å²) in [5, 5.41) is 4.95. The van der Waals surface area contributed by atoms with Gasteiger partial charge in [0.2, 0.25) is 0 Å². The smallest absolute Gasteiger partial charge is 0.271 e. The maximum Gasteiger partial charge on any atom is 0.271 e. The van der Waals surface area contributed by atoms with Crippen LogP contribution in [0.1, 0.15) is 31.8 Å². The van der Waals surface area contributed by atoms with Crippen LogP contribution in [0.3, 0.4) is 0 Å². The number of amides is 1. The Labute approximate surface area is 158 Å². The van der Waals surface area contributed by atoms with E-state index in [1.54, 1.807) is 40.4 Å². The molecule has 1 aliphatic rings. The Morgan fingerprint density at radius 1 is 1.25 bits per heavy atom. The van der Waals surface area contributed by atoms with E-state index in [4.69, 9.17) is 23.2 Å². The summed E-state index contributed by atoms with van der Waals surface area (Å²) in [5.41, 5.74) is 1.75. The van der Waals surface area contributed by atoms with E-state index in [1.165, 1.54) is 15.3 Å². The third-order valence-electron chi connectivity index (χ3n) is 4.37. The highest BCUT2D eigenvalue weighted by atomic mass is 35.5. The van der Waals surface area contributed by atoms with Gasteiger partial charge >= 0.3 is 0 Å². The van der Waals surface area contributed by atoms with Crippen LogP contribution in [0, 0.1) is 0 Å². The van der Waals surface area contributed by atoms with Crippen LogP contribution >= 0.6 is 45.9 Å². The van der Waals surface area contributed by atoms with Crippen LogP contribution in [0.5, 0.6) is 0 Å². The Kier molecular flexibility index (Phi) is 4.21. The molecular formula is C17H14Cl2N2OS2. The van der Waals surface area contributed by atoms with Crippen molar-refractivity contribution >= 4 is 51.8 Å². The Balaban J connectivity index is 1.79. The standard InChI is InChI=1S/C17H14Cl2N2OS2/c1-20-12(9-11(18)16(20)19)17(22)21-6-4-13-10(5-8-24-13)15(21)14-3-2-7-23-14/h2-3,5,7-9,15H,4,6H2,1H3. The van der Waals surface area contributed by atoms with Gasteiger partial charge in [-0.1, -0.05) is 29.3 Å². The predicted molar refractivity (Wildman–Crippen MR) is 101 cm³/mol. The lowest BCUT2D eigenvalue weighted by atomic mass is 9.98. The molecule has 0 aliphatic carbocycles. The van der Waals surface area contributed by atoms with Gasteiger partial charge < -0.3 is 9.47 Å². The first-order valence-corrected chi connectivity index (χ1v) is 10.0. The van der Waals surface area contributed by atoms with E-state index in [1.807, 2.05) is 11.0 Å². The molecule has 1 unspecified atom stereocenters. The quantitative estimate of drug-likeness (QED) is 0.580. The number of carbonyl (C=O) groups is 1. The summed E-state index contributed by atoms with van der Waals surface area (Å²) in [6.07, 6.45) is 0.881. The molecule has 0 radical (unpaired) electrons. The molecule has 3 aromatic heterocycles. The average Bonchev–Trinajstić information content (AvgIpc) is 3.31.